The molecule has 0 fully saturated rings. The molecular weight excluding hydrogens is 220 g/mol. The number of H-pyrrole nitrogens is 1. The molecule has 0 saturated carbocycles. The summed E-state index contributed by atoms with van der Waals surface area (Å²) >= 11 is 1.62. The van der Waals surface area contributed by atoms with E-state index in [-0.39, 0.29) is 0 Å². The van der Waals surface area contributed by atoms with Crippen LogP contribution in [0.15, 0.2) is 35.6 Å². The lowest BCUT2D eigenvalue weighted by molar-refractivity contribution is 0.414. The average molecular weight is 234 g/mol. The summed E-state index contributed by atoms with van der Waals surface area (Å²) in [5, 5.41) is 0.962. The summed E-state index contributed by atoms with van der Waals surface area (Å²) in [5.74, 6) is 0.887. The number of methoxy groups -OCH3 is 1. The van der Waals surface area contributed by atoms with E-state index in [1.54, 1.807) is 18.9 Å². The third kappa shape index (κ3) is 2.58. The highest BCUT2D eigenvalue weighted by atomic mass is 32.2. The molecule has 84 valence electrons. The van der Waals surface area contributed by atoms with Crippen molar-refractivity contribution in [3.63, 3.8) is 0 Å². The van der Waals surface area contributed by atoms with E-state index in [1.807, 2.05) is 24.6 Å². The van der Waals surface area contributed by atoms with Crippen LogP contribution in [0.2, 0.25) is 0 Å². The van der Waals surface area contributed by atoms with Gasteiger partial charge in [-0.05, 0) is 24.0 Å². The van der Waals surface area contributed by atoms with Crippen molar-refractivity contribution < 1.29 is 4.74 Å². The summed E-state index contributed by atoms with van der Waals surface area (Å²) in [6, 6.07) is 8.08. The summed E-state index contributed by atoms with van der Waals surface area (Å²) in [6.07, 6.45) is 4.77. The van der Waals surface area contributed by atoms with Crippen LogP contribution in [-0.2, 0) is 6.42 Å². The van der Waals surface area contributed by atoms with E-state index < -0.39 is 0 Å². The van der Waals surface area contributed by atoms with Crippen molar-refractivity contribution in [2.75, 3.05) is 13.4 Å². The predicted octanol–water partition coefficient (Wildman–Crippen LogP) is 2.73. The molecule has 1 N–H and O–H groups in total. The monoisotopic (exact) mass is 234 g/mol. The number of nitrogens with one attached hydrogen (secondary N) is 1. The van der Waals surface area contributed by atoms with Crippen molar-refractivity contribution in [3.8, 4) is 5.75 Å². The van der Waals surface area contributed by atoms with Crippen molar-refractivity contribution in [1.82, 2.24) is 9.97 Å². The Hall–Kier alpha value is -1.42. The number of nitrogens with zero attached hydrogens (tertiary/aromatic N) is 1. The first-order valence-corrected chi connectivity index (χ1v) is 6.25. The second-order valence-electron chi connectivity index (χ2n) is 3.44. The summed E-state index contributed by atoms with van der Waals surface area (Å²) in [6.45, 7) is 0. The van der Waals surface area contributed by atoms with Crippen LogP contribution in [0.4, 0.5) is 0 Å². The van der Waals surface area contributed by atoms with Gasteiger partial charge in [0, 0.05) is 18.3 Å². The summed E-state index contributed by atoms with van der Waals surface area (Å²) in [7, 11) is 1.68. The molecule has 0 atom stereocenters. The molecule has 0 aliphatic heterocycles. The fourth-order valence-corrected chi connectivity index (χ4v) is 1.89. The van der Waals surface area contributed by atoms with Gasteiger partial charge < -0.3 is 9.72 Å². The summed E-state index contributed by atoms with van der Waals surface area (Å²) < 4.78 is 5.12. The predicted molar refractivity (Wildman–Crippen MR) is 66.2 cm³/mol. The van der Waals surface area contributed by atoms with Crippen molar-refractivity contribution >= 4 is 11.8 Å². The van der Waals surface area contributed by atoms with Crippen LogP contribution < -0.4 is 4.74 Å². The summed E-state index contributed by atoms with van der Waals surface area (Å²) in [4.78, 5) is 7.51. The zero-order valence-electron chi connectivity index (χ0n) is 9.36. The number of thioether (sulfide) groups is 1. The molecule has 0 amide bonds. The van der Waals surface area contributed by atoms with Crippen molar-refractivity contribution in [2.45, 2.75) is 11.6 Å². The molecule has 0 aliphatic rings. The summed E-state index contributed by atoms with van der Waals surface area (Å²) in [5.41, 5.74) is 2.38. The molecule has 1 aromatic carbocycles. The Bertz CT molecular complexity index is 450. The number of hydrogen-bond acceptors (Lipinski definition) is 3. The maximum absolute atomic E-state index is 5.12. The molecule has 0 aliphatic carbocycles. The van der Waals surface area contributed by atoms with Crippen molar-refractivity contribution in [1.29, 1.82) is 0 Å². The second-order valence-corrected chi connectivity index (χ2v) is 4.24. The van der Waals surface area contributed by atoms with E-state index in [0.717, 1.165) is 23.0 Å². The Morgan fingerprint density at radius 1 is 1.31 bits per heavy atom. The Labute approximate surface area is 99.2 Å². The Balaban J connectivity index is 2.08. The van der Waals surface area contributed by atoms with Crippen LogP contribution in [0, 0.1) is 0 Å². The number of benzene rings is 1. The number of aromatic nitrogens is 2. The third-order valence-corrected chi connectivity index (χ3v) is 2.95. The van der Waals surface area contributed by atoms with Gasteiger partial charge in [0.05, 0.1) is 7.11 Å². The lowest BCUT2D eigenvalue weighted by Gasteiger charge is -2.01. The second kappa shape index (κ2) is 5.07. The van der Waals surface area contributed by atoms with Crippen molar-refractivity contribution in [2.24, 2.45) is 0 Å². The van der Waals surface area contributed by atoms with Gasteiger partial charge in [-0.25, -0.2) is 4.98 Å². The topological polar surface area (TPSA) is 37.9 Å². The fourth-order valence-electron chi connectivity index (χ4n) is 1.50. The van der Waals surface area contributed by atoms with Gasteiger partial charge in [0.2, 0.25) is 0 Å². The molecule has 3 nitrogen and oxygen atoms in total. The SMILES string of the molecule is COc1ccc(Cc2cnc(SC)[nH]2)cc1. The van der Waals surface area contributed by atoms with Gasteiger partial charge in [-0.15, -0.1) is 0 Å². The molecule has 4 heteroatoms. The van der Waals surface area contributed by atoms with Crippen LogP contribution in [0.5, 0.6) is 5.75 Å². The molecule has 1 heterocycles. The van der Waals surface area contributed by atoms with Gasteiger partial charge in [0.25, 0.3) is 0 Å². The maximum atomic E-state index is 5.12. The third-order valence-electron chi connectivity index (χ3n) is 2.35. The number of rotatable bonds is 4. The minimum Gasteiger partial charge on any atom is -0.497 e. The van der Waals surface area contributed by atoms with Crippen LogP contribution in [0.3, 0.4) is 0 Å². The molecule has 0 saturated heterocycles. The quantitative estimate of drug-likeness (QED) is 0.827. The number of hydrogen-bond donors (Lipinski definition) is 1. The maximum Gasteiger partial charge on any atom is 0.165 e. The van der Waals surface area contributed by atoms with Crippen molar-refractivity contribution in [3.05, 3.63) is 41.7 Å². The molecule has 2 aromatic rings. The Kier molecular flexibility index (Phi) is 3.51. The van der Waals surface area contributed by atoms with Gasteiger partial charge in [0.15, 0.2) is 5.16 Å². The zero-order valence-corrected chi connectivity index (χ0v) is 10.2. The van der Waals surface area contributed by atoms with Crippen LogP contribution in [0.25, 0.3) is 0 Å². The molecule has 0 unspecified atom stereocenters. The number of aromatic amines is 1. The van der Waals surface area contributed by atoms with Gasteiger partial charge in [0.1, 0.15) is 5.75 Å². The number of imidazole rings is 1. The molecule has 0 spiro atoms. The average Bonchev–Trinajstić information content (AvgIpc) is 2.78. The minimum absolute atomic E-state index is 0.873. The van der Waals surface area contributed by atoms with E-state index in [1.165, 1.54) is 5.56 Å². The highest BCUT2D eigenvalue weighted by molar-refractivity contribution is 7.98. The first-order valence-electron chi connectivity index (χ1n) is 5.02. The van der Waals surface area contributed by atoms with Gasteiger partial charge in [-0.1, -0.05) is 23.9 Å². The van der Waals surface area contributed by atoms with Crippen LogP contribution >= 0.6 is 11.8 Å². The molecular formula is C12H14N2OS. The van der Waals surface area contributed by atoms with E-state index in [0.29, 0.717) is 0 Å². The Morgan fingerprint density at radius 2 is 2.06 bits per heavy atom. The largest absolute Gasteiger partial charge is 0.497 e. The smallest absolute Gasteiger partial charge is 0.165 e. The van der Waals surface area contributed by atoms with E-state index in [2.05, 4.69) is 22.1 Å². The Morgan fingerprint density at radius 3 is 2.62 bits per heavy atom. The van der Waals surface area contributed by atoms with Gasteiger partial charge in [-0.3, -0.25) is 0 Å². The number of ether oxygens (including phenoxy) is 1. The van der Waals surface area contributed by atoms with Crippen LogP contribution in [-0.4, -0.2) is 23.3 Å². The molecule has 0 bridgehead atoms. The molecule has 1 aromatic heterocycles. The molecule has 0 radical (unpaired) electrons. The normalized spacial score (nSPS) is 10.4. The highest BCUT2D eigenvalue weighted by Crippen LogP contribution is 2.15. The highest BCUT2D eigenvalue weighted by Gasteiger charge is 2.01. The lowest BCUT2D eigenvalue weighted by Crippen LogP contribution is -1.89. The van der Waals surface area contributed by atoms with E-state index in [4.69, 9.17) is 4.74 Å². The van der Waals surface area contributed by atoms with Gasteiger partial charge >= 0.3 is 0 Å². The van der Waals surface area contributed by atoms with Gasteiger partial charge in [-0.2, -0.15) is 0 Å². The minimum atomic E-state index is 0.873. The fraction of sp³-hybridized carbons (Fsp3) is 0.250. The molecule has 2 rings (SSSR count). The standard InChI is InChI=1S/C12H14N2OS/c1-15-11-5-3-9(4-6-11)7-10-8-13-12(14-10)16-2/h3-6,8H,7H2,1-2H3,(H,13,14). The van der Waals surface area contributed by atoms with Crippen LogP contribution in [0.1, 0.15) is 11.3 Å². The first-order chi connectivity index (χ1) is 7.81. The lowest BCUT2D eigenvalue weighted by atomic mass is 10.1. The molecule has 16 heavy (non-hydrogen) atoms. The first kappa shape index (κ1) is 11.1. The van der Waals surface area contributed by atoms with E-state index >= 15 is 0 Å². The van der Waals surface area contributed by atoms with E-state index in [9.17, 15) is 0 Å². The zero-order chi connectivity index (χ0) is 11.4.